The molecule has 0 saturated heterocycles. The Morgan fingerprint density at radius 2 is 1.96 bits per heavy atom. The molecule has 3 rings (SSSR count). The fourth-order valence-corrected chi connectivity index (χ4v) is 3.48. The SMILES string of the molecule is CCCCc1nc2c(N)nc3ccc(OCC(=O)N(CC)CC)cc3c2n1C. The minimum atomic E-state index is -0.0203. The van der Waals surface area contributed by atoms with Crippen molar-refractivity contribution in [2.75, 3.05) is 25.4 Å². The number of rotatable bonds is 8. The molecule has 0 bridgehead atoms. The van der Waals surface area contributed by atoms with E-state index in [1.54, 1.807) is 4.90 Å². The number of imidazole rings is 1. The standard InChI is InChI=1S/C21H29N5O2/c1-5-8-9-17-24-19-20(25(17)4)15-12-14(10-11-16(15)23-21(19)22)28-13-18(27)26(6-2)7-3/h10-12H,5-9,13H2,1-4H3,(H2,22,23). The lowest BCUT2D eigenvalue weighted by molar-refractivity contribution is -0.132. The highest BCUT2D eigenvalue weighted by molar-refractivity contribution is 6.07. The lowest BCUT2D eigenvalue weighted by atomic mass is 10.1. The number of nitrogens with two attached hydrogens (primary N) is 1. The number of hydrogen-bond acceptors (Lipinski definition) is 5. The molecule has 2 N–H and O–H groups in total. The van der Waals surface area contributed by atoms with Crippen LogP contribution in [0.25, 0.3) is 21.9 Å². The highest BCUT2D eigenvalue weighted by Gasteiger charge is 2.16. The third-order valence-electron chi connectivity index (χ3n) is 5.13. The Morgan fingerprint density at radius 3 is 2.64 bits per heavy atom. The summed E-state index contributed by atoms with van der Waals surface area (Å²) < 4.78 is 7.86. The monoisotopic (exact) mass is 383 g/mol. The number of unbranched alkanes of at least 4 members (excludes halogenated alkanes) is 1. The smallest absolute Gasteiger partial charge is 0.260 e. The van der Waals surface area contributed by atoms with Crippen LogP contribution in [0.4, 0.5) is 5.82 Å². The van der Waals surface area contributed by atoms with Crippen molar-refractivity contribution in [1.82, 2.24) is 19.4 Å². The number of hydrogen-bond donors (Lipinski definition) is 1. The Balaban J connectivity index is 1.98. The number of fused-ring (bicyclic) bond motifs is 3. The summed E-state index contributed by atoms with van der Waals surface area (Å²) in [6.07, 6.45) is 3.08. The first kappa shape index (κ1) is 19.9. The topological polar surface area (TPSA) is 86.3 Å². The summed E-state index contributed by atoms with van der Waals surface area (Å²) in [6, 6.07) is 5.62. The van der Waals surface area contributed by atoms with Gasteiger partial charge in [-0.3, -0.25) is 4.79 Å². The van der Waals surface area contributed by atoms with Crippen LogP contribution in [0.3, 0.4) is 0 Å². The Kier molecular flexibility index (Phi) is 6.02. The average molecular weight is 383 g/mol. The van der Waals surface area contributed by atoms with Crippen molar-refractivity contribution in [2.45, 2.75) is 40.0 Å². The van der Waals surface area contributed by atoms with Crippen LogP contribution in [0, 0.1) is 0 Å². The average Bonchev–Trinajstić information content (AvgIpc) is 3.03. The van der Waals surface area contributed by atoms with Crippen LogP contribution in [-0.4, -0.2) is 45.0 Å². The van der Waals surface area contributed by atoms with Crippen molar-refractivity contribution < 1.29 is 9.53 Å². The van der Waals surface area contributed by atoms with Gasteiger partial charge in [-0.15, -0.1) is 0 Å². The number of ether oxygens (including phenoxy) is 1. The predicted molar refractivity (Wildman–Crippen MR) is 112 cm³/mol. The number of nitrogen functional groups attached to an aromatic ring is 1. The van der Waals surface area contributed by atoms with E-state index in [9.17, 15) is 4.79 Å². The first-order valence-corrected chi connectivity index (χ1v) is 9.95. The molecule has 28 heavy (non-hydrogen) atoms. The lowest BCUT2D eigenvalue weighted by Gasteiger charge is -2.18. The third kappa shape index (κ3) is 3.74. The van der Waals surface area contributed by atoms with Crippen LogP contribution < -0.4 is 10.5 Å². The van der Waals surface area contributed by atoms with E-state index in [0.29, 0.717) is 24.7 Å². The van der Waals surface area contributed by atoms with E-state index in [2.05, 4.69) is 16.5 Å². The van der Waals surface area contributed by atoms with Crippen LogP contribution >= 0.6 is 0 Å². The van der Waals surface area contributed by atoms with Gasteiger partial charge in [-0.05, 0) is 38.5 Å². The highest BCUT2D eigenvalue weighted by atomic mass is 16.5. The number of carbonyl (C=O) groups excluding carboxylic acids is 1. The van der Waals surface area contributed by atoms with Gasteiger partial charge in [0.05, 0.1) is 11.0 Å². The molecule has 2 heterocycles. The van der Waals surface area contributed by atoms with Gasteiger partial charge in [0.15, 0.2) is 12.4 Å². The molecular weight excluding hydrogens is 354 g/mol. The number of carbonyl (C=O) groups is 1. The summed E-state index contributed by atoms with van der Waals surface area (Å²) >= 11 is 0. The summed E-state index contributed by atoms with van der Waals surface area (Å²) in [4.78, 5) is 23.2. The van der Waals surface area contributed by atoms with Crippen molar-refractivity contribution in [3.05, 3.63) is 24.0 Å². The molecule has 3 aromatic rings. The zero-order chi connectivity index (χ0) is 20.3. The molecule has 0 aliphatic rings. The molecule has 0 atom stereocenters. The van der Waals surface area contributed by atoms with E-state index in [4.69, 9.17) is 15.5 Å². The van der Waals surface area contributed by atoms with Crippen molar-refractivity contribution in [1.29, 1.82) is 0 Å². The largest absolute Gasteiger partial charge is 0.484 e. The molecule has 0 spiro atoms. The Labute approximate surface area is 165 Å². The van der Waals surface area contributed by atoms with E-state index in [-0.39, 0.29) is 12.5 Å². The number of pyridine rings is 1. The molecule has 7 heteroatoms. The van der Waals surface area contributed by atoms with Crippen molar-refractivity contribution >= 4 is 33.7 Å². The molecule has 1 aromatic carbocycles. The molecule has 0 fully saturated rings. The second-order valence-electron chi connectivity index (χ2n) is 6.92. The van der Waals surface area contributed by atoms with Crippen molar-refractivity contribution in [3.63, 3.8) is 0 Å². The van der Waals surface area contributed by atoms with E-state index in [1.807, 2.05) is 39.1 Å². The summed E-state index contributed by atoms with van der Waals surface area (Å²) in [5.41, 5.74) is 8.63. The van der Waals surface area contributed by atoms with Crippen LogP contribution in [0.15, 0.2) is 18.2 Å². The van der Waals surface area contributed by atoms with Crippen molar-refractivity contribution in [2.24, 2.45) is 7.05 Å². The quantitative estimate of drug-likeness (QED) is 0.645. The van der Waals surface area contributed by atoms with E-state index < -0.39 is 0 Å². The summed E-state index contributed by atoms with van der Waals surface area (Å²) in [6.45, 7) is 7.46. The van der Waals surface area contributed by atoms with Gasteiger partial charge in [0.2, 0.25) is 0 Å². The van der Waals surface area contributed by atoms with E-state index in [1.165, 1.54) is 0 Å². The Bertz CT molecular complexity index is 992. The minimum absolute atomic E-state index is 0.0197. The fourth-order valence-electron chi connectivity index (χ4n) is 3.48. The van der Waals surface area contributed by atoms with Gasteiger partial charge in [0, 0.05) is 31.9 Å². The molecule has 150 valence electrons. The molecule has 2 aromatic heterocycles. The molecule has 7 nitrogen and oxygen atoms in total. The zero-order valence-corrected chi connectivity index (χ0v) is 17.2. The van der Waals surface area contributed by atoms with Crippen LogP contribution in [0.5, 0.6) is 5.75 Å². The normalized spacial score (nSPS) is 11.3. The van der Waals surface area contributed by atoms with Crippen LogP contribution in [-0.2, 0) is 18.3 Å². The Hall–Kier alpha value is -2.83. The van der Waals surface area contributed by atoms with Crippen LogP contribution in [0.2, 0.25) is 0 Å². The molecule has 0 saturated carbocycles. The summed E-state index contributed by atoms with van der Waals surface area (Å²) in [5.74, 6) is 2.05. The molecular formula is C21H29N5O2. The maximum absolute atomic E-state index is 12.2. The van der Waals surface area contributed by atoms with Gasteiger partial charge >= 0.3 is 0 Å². The number of amides is 1. The van der Waals surface area contributed by atoms with E-state index >= 15 is 0 Å². The second-order valence-corrected chi connectivity index (χ2v) is 6.92. The molecule has 0 aliphatic heterocycles. The van der Waals surface area contributed by atoms with Crippen LogP contribution in [0.1, 0.15) is 39.4 Å². The number of nitrogens with zero attached hydrogens (tertiary/aromatic N) is 4. The second kappa shape index (κ2) is 8.46. The first-order chi connectivity index (χ1) is 13.5. The van der Waals surface area contributed by atoms with Gasteiger partial charge in [0.1, 0.15) is 17.1 Å². The number of anilines is 1. The van der Waals surface area contributed by atoms with Gasteiger partial charge in [-0.25, -0.2) is 9.97 Å². The Morgan fingerprint density at radius 1 is 1.21 bits per heavy atom. The highest BCUT2D eigenvalue weighted by Crippen LogP contribution is 2.31. The summed E-state index contributed by atoms with van der Waals surface area (Å²) in [5, 5.41) is 0.926. The third-order valence-corrected chi connectivity index (χ3v) is 5.13. The molecule has 0 radical (unpaired) electrons. The minimum Gasteiger partial charge on any atom is -0.484 e. The van der Waals surface area contributed by atoms with Gasteiger partial charge in [-0.1, -0.05) is 13.3 Å². The number of aromatic nitrogens is 3. The molecule has 1 amide bonds. The first-order valence-electron chi connectivity index (χ1n) is 9.95. The zero-order valence-electron chi connectivity index (χ0n) is 17.2. The molecule has 0 unspecified atom stereocenters. The predicted octanol–water partition coefficient (Wildman–Crippen LogP) is 3.29. The van der Waals surface area contributed by atoms with E-state index in [0.717, 1.165) is 47.0 Å². The van der Waals surface area contributed by atoms with Gasteiger partial charge < -0.3 is 19.9 Å². The number of aryl methyl sites for hydroxylation is 2. The molecule has 0 aliphatic carbocycles. The van der Waals surface area contributed by atoms with Gasteiger partial charge in [0.25, 0.3) is 5.91 Å². The number of benzene rings is 1. The van der Waals surface area contributed by atoms with Gasteiger partial charge in [-0.2, -0.15) is 0 Å². The fraction of sp³-hybridized carbons (Fsp3) is 0.476. The summed E-state index contributed by atoms with van der Waals surface area (Å²) in [7, 11) is 2.01. The number of likely N-dealkylation sites (N-methyl/N-ethyl adjacent to an activating group) is 1. The lowest BCUT2D eigenvalue weighted by Crippen LogP contribution is -2.34. The van der Waals surface area contributed by atoms with Crippen molar-refractivity contribution in [3.8, 4) is 5.75 Å². The maximum atomic E-state index is 12.2. The maximum Gasteiger partial charge on any atom is 0.260 e.